The molecular formula is C18H26N4O. The first-order valence-corrected chi connectivity index (χ1v) is 9.00. The fraction of sp³-hybridized carbons (Fsp3) is 0.667. The smallest absolute Gasteiger partial charge is 0.161 e. The maximum absolute atomic E-state index is 5.57. The minimum Gasteiger partial charge on any atom is -0.381 e. The van der Waals surface area contributed by atoms with Gasteiger partial charge in [-0.15, -0.1) is 0 Å². The number of fused-ring (bicyclic) bond motifs is 1. The summed E-state index contributed by atoms with van der Waals surface area (Å²) in [5.74, 6) is 1.80. The molecule has 0 radical (unpaired) electrons. The highest BCUT2D eigenvalue weighted by molar-refractivity contribution is 5.71. The number of rotatable bonds is 4. The van der Waals surface area contributed by atoms with Crippen molar-refractivity contribution in [2.45, 2.75) is 45.2 Å². The third-order valence-corrected chi connectivity index (χ3v) is 5.30. The van der Waals surface area contributed by atoms with Gasteiger partial charge in [0.25, 0.3) is 0 Å². The molecule has 5 nitrogen and oxygen atoms in total. The molecular weight excluding hydrogens is 288 g/mol. The number of pyridine rings is 1. The quantitative estimate of drug-likeness (QED) is 0.870. The maximum atomic E-state index is 5.57. The molecule has 2 atom stereocenters. The largest absolute Gasteiger partial charge is 0.381 e. The van der Waals surface area contributed by atoms with Crippen LogP contribution in [0.15, 0.2) is 18.3 Å². The first kappa shape index (κ1) is 15.1. The predicted octanol–water partition coefficient (Wildman–Crippen LogP) is 3.01. The van der Waals surface area contributed by atoms with E-state index in [1.807, 2.05) is 12.3 Å². The summed E-state index contributed by atoms with van der Waals surface area (Å²) in [6.45, 7) is 6.30. The topological polar surface area (TPSA) is 43.2 Å². The van der Waals surface area contributed by atoms with Crippen molar-refractivity contribution >= 4 is 11.2 Å². The summed E-state index contributed by atoms with van der Waals surface area (Å²) in [5.41, 5.74) is 2.08. The Morgan fingerprint density at radius 1 is 1.30 bits per heavy atom. The lowest BCUT2D eigenvalue weighted by molar-refractivity contribution is 0.101. The lowest BCUT2D eigenvalue weighted by Crippen LogP contribution is -2.37. The van der Waals surface area contributed by atoms with E-state index in [2.05, 4.69) is 27.4 Å². The number of hydrogen-bond donors (Lipinski definition) is 0. The van der Waals surface area contributed by atoms with Gasteiger partial charge in [0, 0.05) is 32.4 Å². The lowest BCUT2D eigenvalue weighted by Gasteiger charge is -2.36. The Kier molecular flexibility index (Phi) is 4.31. The number of piperidine rings is 1. The van der Waals surface area contributed by atoms with E-state index in [4.69, 9.17) is 9.72 Å². The van der Waals surface area contributed by atoms with Gasteiger partial charge < -0.3 is 4.74 Å². The summed E-state index contributed by atoms with van der Waals surface area (Å²) < 4.78 is 7.99. The fourth-order valence-electron chi connectivity index (χ4n) is 4.07. The minimum absolute atomic E-state index is 0.408. The van der Waals surface area contributed by atoms with Crippen LogP contribution in [0.2, 0.25) is 0 Å². The molecule has 5 heteroatoms. The van der Waals surface area contributed by atoms with E-state index >= 15 is 0 Å². The second-order valence-electron chi connectivity index (χ2n) is 6.78. The second-order valence-corrected chi connectivity index (χ2v) is 6.78. The number of aromatic nitrogens is 3. The molecule has 23 heavy (non-hydrogen) atoms. The molecule has 2 fully saturated rings. The zero-order valence-corrected chi connectivity index (χ0v) is 13.9. The Balaban J connectivity index is 1.75. The van der Waals surface area contributed by atoms with Gasteiger partial charge in [-0.05, 0) is 50.3 Å². The van der Waals surface area contributed by atoms with E-state index in [0.717, 1.165) is 43.8 Å². The van der Waals surface area contributed by atoms with Crippen LogP contribution in [0.5, 0.6) is 0 Å². The molecule has 2 aliphatic rings. The van der Waals surface area contributed by atoms with Crippen LogP contribution in [0.3, 0.4) is 0 Å². The third kappa shape index (κ3) is 2.88. The molecule has 0 bridgehead atoms. The zero-order chi connectivity index (χ0) is 15.6. The molecule has 4 rings (SSSR count). The SMILES string of the molecule is CCN1CCCCC1n1c(CC2CCOC2)nc2cccnc21. The maximum Gasteiger partial charge on any atom is 0.161 e. The van der Waals surface area contributed by atoms with Gasteiger partial charge in [-0.2, -0.15) is 0 Å². The normalized spacial score (nSPS) is 26.1. The van der Waals surface area contributed by atoms with E-state index in [1.54, 1.807) is 0 Å². The summed E-state index contributed by atoms with van der Waals surface area (Å²) in [5, 5.41) is 0. The molecule has 2 aromatic rings. The molecule has 4 heterocycles. The standard InChI is InChI=1S/C18H26N4O/c1-2-21-10-4-3-7-17(21)22-16(12-14-8-11-23-13-14)20-15-6-5-9-19-18(15)22/h5-6,9,14,17H,2-4,7-8,10-13H2,1H3. The zero-order valence-electron chi connectivity index (χ0n) is 13.9. The van der Waals surface area contributed by atoms with Gasteiger partial charge in [-0.1, -0.05) is 6.92 Å². The van der Waals surface area contributed by atoms with Crippen molar-refractivity contribution in [3.05, 3.63) is 24.2 Å². The van der Waals surface area contributed by atoms with Gasteiger partial charge in [-0.25, -0.2) is 9.97 Å². The highest BCUT2D eigenvalue weighted by Gasteiger charge is 2.28. The summed E-state index contributed by atoms with van der Waals surface area (Å²) >= 11 is 0. The molecule has 2 aliphatic heterocycles. The minimum atomic E-state index is 0.408. The van der Waals surface area contributed by atoms with Crippen LogP contribution in [0, 0.1) is 5.92 Å². The molecule has 0 saturated carbocycles. The number of nitrogens with zero attached hydrogens (tertiary/aromatic N) is 4. The van der Waals surface area contributed by atoms with Gasteiger partial charge in [-0.3, -0.25) is 9.47 Å². The van der Waals surface area contributed by atoms with Crippen LogP contribution < -0.4 is 0 Å². The summed E-state index contributed by atoms with van der Waals surface area (Å²) in [6, 6.07) is 4.08. The van der Waals surface area contributed by atoms with E-state index in [0.29, 0.717) is 12.1 Å². The van der Waals surface area contributed by atoms with Crippen molar-refractivity contribution in [2.24, 2.45) is 5.92 Å². The molecule has 124 valence electrons. The first-order chi connectivity index (χ1) is 11.4. The van der Waals surface area contributed by atoms with Gasteiger partial charge in [0.15, 0.2) is 5.65 Å². The Labute approximate surface area is 137 Å². The number of ether oxygens (including phenoxy) is 1. The average Bonchev–Trinajstić information content (AvgIpc) is 3.22. The number of hydrogen-bond acceptors (Lipinski definition) is 4. The predicted molar refractivity (Wildman–Crippen MR) is 90.3 cm³/mol. The van der Waals surface area contributed by atoms with E-state index < -0.39 is 0 Å². The van der Waals surface area contributed by atoms with Crippen molar-refractivity contribution in [2.75, 3.05) is 26.3 Å². The van der Waals surface area contributed by atoms with Crippen LogP contribution >= 0.6 is 0 Å². The summed E-state index contributed by atoms with van der Waals surface area (Å²) in [4.78, 5) is 12.2. The van der Waals surface area contributed by atoms with Crippen molar-refractivity contribution in [3.8, 4) is 0 Å². The molecule has 0 N–H and O–H groups in total. The van der Waals surface area contributed by atoms with Crippen LogP contribution in [0.1, 0.15) is 44.6 Å². The molecule has 0 amide bonds. The van der Waals surface area contributed by atoms with Crippen molar-refractivity contribution in [3.63, 3.8) is 0 Å². The van der Waals surface area contributed by atoms with Crippen LogP contribution in [-0.4, -0.2) is 45.7 Å². The van der Waals surface area contributed by atoms with Crippen LogP contribution in [0.25, 0.3) is 11.2 Å². The van der Waals surface area contributed by atoms with Crippen LogP contribution in [0.4, 0.5) is 0 Å². The molecule has 2 saturated heterocycles. The summed E-state index contributed by atoms with van der Waals surface area (Å²) in [7, 11) is 0. The highest BCUT2D eigenvalue weighted by atomic mass is 16.5. The molecule has 0 aliphatic carbocycles. The lowest BCUT2D eigenvalue weighted by atomic mass is 10.0. The van der Waals surface area contributed by atoms with E-state index in [-0.39, 0.29) is 0 Å². The first-order valence-electron chi connectivity index (χ1n) is 9.00. The van der Waals surface area contributed by atoms with Gasteiger partial charge >= 0.3 is 0 Å². The monoisotopic (exact) mass is 314 g/mol. The molecule has 2 aromatic heterocycles. The van der Waals surface area contributed by atoms with Crippen molar-refractivity contribution in [1.82, 2.24) is 19.4 Å². The second kappa shape index (κ2) is 6.57. The van der Waals surface area contributed by atoms with Crippen LogP contribution in [-0.2, 0) is 11.2 Å². The van der Waals surface area contributed by atoms with Gasteiger partial charge in [0.05, 0.1) is 6.17 Å². The van der Waals surface area contributed by atoms with E-state index in [1.165, 1.54) is 31.6 Å². The third-order valence-electron chi connectivity index (χ3n) is 5.30. The van der Waals surface area contributed by atoms with E-state index in [9.17, 15) is 0 Å². The number of likely N-dealkylation sites (tertiary alicyclic amines) is 1. The average molecular weight is 314 g/mol. The Bertz CT molecular complexity index is 662. The Hall–Kier alpha value is -1.46. The van der Waals surface area contributed by atoms with Gasteiger partial charge in [0.1, 0.15) is 11.3 Å². The Morgan fingerprint density at radius 2 is 2.26 bits per heavy atom. The van der Waals surface area contributed by atoms with Gasteiger partial charge in [0.2, 0.25) is 0 Å². The fourth-order valence-corrected chi connectivity index (χ4v) is 4.07. The Morgan fingerprint density at radius 3 is 3.09 bits per heavy atom. The van der Waals surface area contributed by atoms with Crippen molar-refractivity contribution in [1.29, 1.82) is 0 Å². The molecule has 2 unspecified atom stereocenters. The number of imidazole rings is 1. The summed E-state index contributed by atoms with van der Waals surface area (Å²) in [6.07, 6.45) is 8.25. The molecule has 0 spiro atoms. The highest BCUT2D eigenvalue weighted by Crippen LogP contribution is 2.31. The van der Waals surface area contributed by atoms with Crippen molar-refractivity contribution < 1.29 is 4.74 Å². The molecule has 0 aromatic carbocycles.